The first-order valence-corrected chi connectivity index (χ1v) is 6.54. The summed E-state index contributed by atoms with van der Waals surface area (Å²) in [5.41, 5.74) is 0.472. The van der Waals surface area contributed by atoms with E-state index in [1.54, 1.807) is 0 Å². The number of carbonyl (C=O) groups is 1. The Morgan fingerprint density at radius 3 is 2.07 bits per heavy atom. The molecule has 1 heteroatoms. The highest BCUT2D eigenvalue weighted by Crippen LogP contribution is 2.42. The van der Waals surface area contributed by atoms with E-state index in [1.165, 1.54) is 19.3 Å². The second-order valence-corrected chi connectivity index (χ2v) is 5.71. The van der Waals surface area contributed by atoms with Gasteiger partial charge in [0.2, 0.25) is 0 Å². The van der Waals surface area contributed by atoms with Gasteiger partial charge in [0.25, 0.3) is 0 Å². The van der Waals surface area contributed by atoms with E-state index < -0.39 is 0 Å². The minimum atomic E-state index is 0.388. The number of hydrogen-bond acceptors (Lipinski definition) is 1. The molecule has 0 heterocycles. The molecule has 0 N–H and O–H groups in total. The summed E-state index contributed by atoms with van der Waals surface area (Å²) in [6, 6.07) is 0. The molecule has 0 aliphatic heterocycles. The van der Waals surface area contributed by atoms with Crippen LogP contribution in [0.1, 0.15) is 66.2 Å². The van der Waals surface area contributed by atoms with E-state index in [0.29, 0.717) is 17.1 Å². The molecule has 88 valence electrons. The van der Waals surface area contributed by atoms with Crippen LogP contribution < -0.4 is 0 Å². The van der Waals surface area contributed by atoms with Crippen LogP contribution in [-0.4, -0.2) is 5.78 Å². The number of rotatable bonds is 4. The second-order valence-electron chi connectivity index (χ2n) is 5.71. The van der Waals surface area contributed by atoms with Crippen LogP contribution in [0.3, 0.4) is 0 Å². The Kier molecular flexibility index (Phi) is 4.36. The molecule has 1 saturated carbocycles. The van der Waals surface area contributed by atoms with Crippen molar-refractivity contribution in [1.82, 2.24) is 0 Å². The lowest BCUT2D eigenvalue weighted by Crippen LogP contribution is -2.30. The summed E-state index contributed by atoms with van der Waals surface area (Å²) in [6.07, 6.45) is 6.78. The topological polar surface area (TPSA) is 17.1 Å². The first-order chi connectivity index (χ1) is 7.01. The number of Topliss-reactive ketones (excluding diaryl/α,β-unsaturated/α-hetero) is 1. The van der Waals surface area contributed by atoms with Crippen molar-refractivity contribution in [3.05, 3.63) is 0 Å². The molecule has 0 atom stereocenters. The van der Waals surface area contributed by atoms with Crippen molar-refractivity contribution in [2.45, 2.75) is 66.2 Å². The maximum atomic E-state index is 11.6. The first-order valence-electron chi connectivity index (χ1n) is 6.54. The molecule has 1 nitrogen and oxygen atoms in total. The largest absolute Gasteiger partial charge is 0.299 e. The molecule has 1 aliphatic rings. The summed E-state index contributed by atoms with van der Waals surface area (Å²) < 4.78 is 0. The molecule has 0 unspecified atom stereocenters. The molecule has 0 bridgehead atoms. The predicted octanol–water partition coefficient (Wildman–Crippen LogP) is 4.21. The molecule has 0 saturated heterocycles. The zero-order chi connectivity index (χ0) is 11.5. The van der Waals surface area contributed by atoms with E-state index in [1.807, 2.05) is 6.92 Å². The maximum Gasteiger partial charge on any atom is 0.135 e. The lowest BCUT2D eigenvalue weighted by atomic mass is 9.67. The molecule has 0 amide bonds. The lowest BCUT2D eigenvalue weighted by molar-refractivity contribution is -0.124. The van der Waals surface area contributed by atoms with Crippen molar-refractivity contribution < 1.29 is 4.79 Å². The van der Waals surface area contributed by atoms with Gasteiger partial charge in [0.15, 0.2) is 0 Å². The van der Waals surface area contributed by atoms with Crippen LogP contribution in [-0.2, 0) is 4.79 Å². The summed E-state index contributed by atoms with van der Waals surface area (Å²) in [5.74, 6) is 1.71. The standard InChI is InChI=1S/C14H26O/c1-5-13(15)11-7-9-12(10-8-11)14(3,4)6-2/h11-12H,5-10H2,1-4H3. The van der Waals surface area contributed by atoms with Crippen LogP contribution in [0.4, 0.5) is 0 Å². The van der Waals surface area contributed by atoms with Crippen LogP contribution in [0.5, 0.6) is 0 Å². The summed E-state index contributed by atoms with van der Waals surface area (Å²) >= 11 is 0. The first kappa shape index (κ1) is 12.7. The van der Waals surface area contributed by atoms with Crippen LogP contribution in [0, 0.1) is 17.3 Å². The molecule has 0 aromatic rings. The highest BCUT2D eigenvalue weighted by atomic mass is 16.1. The molecular formula is C14H26O. The summed E-state index contributed by atoms with van der Waals surface area (Å²) in [6.45, 7) is 9.02. The van der Waals surface area contributed by atoms with Gasteiger partial charge in [-0.3, -0.25) is 4.79 Å². The van der Waals surface area contributed by atoms with Crippen LogP contribution >= 0.6 is 0 Å². The van der Waals surface area contributed by atoms with Gasteiger partial charge in [0, 0.05) is 12.3 Å². The average molecular weight is 210 g/mol. The Bertz CT molecular complexity index is 209. The SMILES string of the molecule is CCC(=O)C1CCC(C(C)(C)CC)CC1. The third-order valence-electron chi connectivity index (χ3n) is 4.55. The van der Waals surface area contributed by atoms with Crippen molar-refractivity contribution in [3.63, 3.8) is 0 Å². The Morgan fingerprint density at radius 2 is 1.67 bits per heavy atom. The van der Waals surface area contributed by atoms with Crippen LogP contribution in [0.15, 0.2) is 0 Å². The van der Waals surface area contributed by atoms with E-state index in [4.69, 9.17) is 0 Å². The van der Waals surface area contributed by atoms with E-state index in [2.05, 4.69) is 20.8 Å². The van der Waals surface area contributed by atoms with Crippen molar-refractivity contribution >= 4 is 5.78 Å². The van der Waals surface area contributed by atoms with E-state index >= 15 is 0 Å². The maximum absolute atomic E-state index is 11.6. The summed E-state index contributed by atoms with van der Waals surface area (Å²) in [4.78, 5) is 11.6. The highest BCUT2D eigenvalue weighted by Gasteiger charge is 2.33. The lowest BCUT2D eigenvalue weighted by Gasteiger charge is -2.38. The minimum Gasteiger partial charge on any atom is -0.299 e. The van der Waals surface area contributed by atoms with Crippen LogP contribution in [0.25, 0.3) is 0 Å². The van der Waals surface area contributed by atoms with Crippen molar-refractivity contribution in [2.24, 2.45) is 17.3 Å². The van der Waals surface area contributed by atoms with Gasteiger partial charge in [-0.05, 0) is 37.0 Å². The van der Waals surface area contributed by atoms with Crippen molar-refractivity contribution in [1.29, 1.82) is 0 Å². The highest BCUT2D eigenvalue weighted by molar-refractivity contribution is 5.80. The fourth-order valence-corrected chi connectivity index (χ4v) is 2.77. The minimum absolute atomic E-state index is 0.388. The molecule has 0 radical (unpaired) electrons. The Morgan fingerprint density at radius 1 is 1.13 bits per heavy atom. The molecular weight excluding hydrogens is 184 g/mol. The molecule has 1 aliphatic carbocycles. The zero-order valence-corrected chi connectivity index (χ0v) is 10.8. The van der Waals surface area contributed by atoms with Gasteiger partial charge in [-0.15, -0.1) is 0 Å². The van der Waals surface area contributed by atoms with E-state index in [-0.39, 0.29) is 0 Å². The van der Waals surface area contributed by atoms with Gasteiger partial charge in [-0.25, -0.2) is 0 Å². The van der Waals surface area contributed by atoms with Gasteiger partial charge in [-0.1, -0.05) is 34.1 Å². The monoisotopic (exact) mass is 210 g/mol. The molecule has 0 aromatic heterocycles. The third-order valence-corrected chi connectivity index (χ3v) is 4.55. The van der Waals surface area contributed by atoms with Crippen LogP contribution in [0.2, 0.25) is 0 Å². The fourth-order valence-electron chi connectivity index (χ4n) is 2.77. The van der Waals surface area contributed by atoms with E-state index in [9.17, 15) is 4.79 Å². The number of carbonyl (C=O) groups excluding carboxylic acids is 1. The second kappa shape index (κ2) is 5.14. The van der Waals surface area contributed by atoms with Gasteiger partial charge in [-0.2, -0.15) is 0 Å². The van der Waals surface area contributed by atoms with Crippen molar-refractivity contribution in [3.8, 4) is 0 Å². The quantitative estimate of drug-likeness (QED) is 0.679. The predicted molar refractivity (Wildman–Crippen MR) is 64.8 cm³/mol. The molecule has 1 fully saturated rings. The Balaban J connectivity index is 2.46. The summed E-state index contributed by atoms with van der Waals surface area (Å²) in [7, 11) is 0. The van der Waals surface area contributed by atoms with Gasteiger partial charge in [0.1, 0.15) is 5.78 Å². The normalized spacial score (nSPS) is 27.7. The number of hydrogen-bond donors (Lipinski definition) is 0. The Hall–Kier alpha value is -0.330. The Labute approximate surface area is 94.6 Å². The van der Waals surface area contributed by atoms with Gasteiger partial charge < -0.3 is 0 Å². The van der Waals surface area contributed by atoms with Gasteiger partial charge >= 0.3 is 0 Å². The molecule has 1 rings (SSSR count). The molecule has 0 spiro atoms. The average Bonchev–Trinajstić information content (AvgIpc) is 2.28. The summed E-state index contributed by atoms with van der Waals surface area (Å²) in [5, 5.41) is 0. The fraction of sp³-hybridized carbons (Fsp3) is 0.929. The number of ketones is 1. The zero-order valence-electron chi connectivity index (χ0n) is 10.8. The third kappa shape index (κ3) is 3.06. The van der Waals surface area contributed by atoms with Gasteiger partial charge in [0.05, 0.1) is 0 Å². The smallest absolute Gasteiger partial charge is 0.135 e. The molecule has 0 aromatic carbocycles. The van der Waals surface area contributed by atoms with Crippen molar-refractivity contribution in [2.75, 3.05) is 0 Å². The molecule has 15 heavy (non-hydrogen) atoms. The van der Waals surface area contributed by atoms with E-state index in [0.717, 1.165) is 25.2 Å².